The third kappa shape index (κ3) is 5.13. The van der Waals surface area contributed by atoms with E-state index >= 15 is 4.39 Å². The number of aromatic nitrogens is 2. The van der Waals surface area contributed by atoms with Gasteiger partial charge in [-0.05, 0) is 59.1 Å². The van der Waals surface area contributed by atoms with Crippen LogP contribution < -0.4 is 4.72 Å². The highest BCUT2D eigenvalue weighted by Crippen LogP contribution is 2.33. The van der Waals surface area contributed by atoms with Crippen molar-refractivity contribution in [1.29, 1.82) is 0 Å². The van der Waals surface area contributed by atoms with Crippen LogP contribution in [-0.2, 0) is 11.4 Å². The average molecular weight is 627 g/mol. The van der Waals surface area contributed by atoms with Crippen LogP contribution in [0.1, 0.15) is 39.1 Å². The van der Waals surface area contributed by atoms with Crippen molar-refractivity contribution in [2.75, 3.05) is 10.5 Å². The number of benzene rings is 2. The van der Waals surface area contributed by atoms with E-state index in [4.69, 9.17) is 23.2 Å². The second-order valence-corrected chi connectivity index (χ2v) is 11.5. The number of carbonyl (C=O) groups is 2. The summed E-state index contributed by atoms with van der Waals surface area (Å²) in [5.74, 6) is -3.35. The number of fused-ring (bicyclic) bond motifs is 1. The van der Waals surface area contributed by atoms with Crippen LogP contribution in [0, 0.1) is 17.6 Å². The monoisotopic (exact) mass is 625 g/mol. The summed E-state index contributed by atoms with van der Waals surface area (Å²) in [5, 5.41) is 0.337. The highest BCUT2D eigenvalue weighted by molar-refractivity contribution is 9.10. The van der Waals surface area contributed by atoms with E-state index in [1.165, 1.54) is 24.4 Å². The number of hydrogen-bond donors (Lipinski definition) is 1. The van der Waals surface area contributed by atoms with Crippen LogP contribution in [0.25, 0.3) is 11.0 Å². The Balaban J connectivity index is 1.60. The minimum absolute atomic E-state index is 0.0202. The third-order valence-electron chi connectivity index (χ3n) is 5.88. The van der Waals surface area contributed by atoms with Crippen LogP contribution in [0.2, 0.25) is 10.0 Å². The molecule has 1 N–H and O–H groups in total. The molecule has 190 valence electrons. The zero-order chi connectivity index (χ0) is 26.4. The summed E-state index contributed by atoms with van der Waals surface area (Å²) in [6.07, 6.45) is 4.47. The molecule has 0 bridgehead atoms. The van der Waals surface area contributed by atoms with Gasteiger partial charge in [-0.15, -0.1) is 0 Å². The van der Waals surface area contributed by atoms with E-state index in [0.717, 1.165) is 35.7 Å². The summed E-state index contributed by atoms with van der Waals surface area (Å²) >= 11 is 14.1. The molecule has 1 unspecified atom stereocenters. The third-order valence-corrected chi connectivity index (χ3v) is 8.16. The summed E-state index contributed by atoms with van der Waals surface area (Å²) in [6, 6.07) is 8.07. The van der Waals surface area contributed by atoms with Crippen molar-refractivity contribution >= 4 is 78.9 Å². The fraction of sp³-hybridized carbons (Fsp3) is 0.160. The molecule has 37 heavy (non-hydrogen) atoms. The van der Waals surface area contributed by atoms with Crippen LogP contribution in [0.5, 0.6) is 0 Å². The molecule has 2 heterocycles. The molecule has 5 rings (SSSR count). The molecule has 0 aliphatic heterocycles. The van der Waals surface area contributed by atoms with Crippen LogP contribution in [0.3, 0.4) is 0 Å². The van der Waals surface area contributed by atoms with Crippen LogP contribution in [-0.4, -0.2) is 31.5 Å². The Morgan fingerprint density at radius 2 is 1.86 bits per heavy atom. The lowest BCUT2D eigenvalue weighted by Crippen LogP contribution is -2.20. The Morgan fingerprint density at radius 1 is 1.16 bits per heavy atom. The summed E-state index contributed by atoms with van der Waals surface area (Å²) in [7, 11) is 0. The van der Waals surface area contributed by atoms with Gasteiger partial charge in [0.05, 0.1) is 38.1 Å². The van der Waals surface area contributed by atoms with Gasteiger partial charge in [-0.1, -0.05) is 29.3 Å². The van der Waals surface area contributed by atoms with E-state index in [0.29, 0.717) is 16.1 Å². The number of pyridine rings is 1. The number of nitrogens with one attached hydrogen (secondary N) is 1. The standard InChI is InChI=1S/C25H16BrCl2F2N3O3S/c26-13-8-14-15(10-33(24(14)31-9-13)25(35)20-16(27)2-1-3-17(20)28)23(34)21-18(29)6-7-19(22(21)30)32-37(36)11-12-4-5-12/h1-3,6-10,12,32H,4-5,11H2. The van der Waals surface area contributed by atoms with Gasteiger partial charge in [-0.3, -0.25) is 14.2 Å². The molecule has 0 spiro atoms. The lowest BCUT2D eigenvalue weighted by Gasteiger charge is -2.14. The fourth-order valence-corrected chi connectivity index (χ4v) is 6.02. The highest BCUT2D eigenvalue weighted by Gasteiger charge is 2.31. The first-order chi connectivity index (χ1) is 17.7. The fourth-order valence-electron chi connectivity index (χ4n) is 3.88. The average Bonchev–Trinajstić information content (AvgIpc) is 3.57. The van der Waals surface area contributed by atoms with Crippen molar-refractivity contribution in [3.8, 4) is 0 Å². The molecule has 4 aromatic rings. The second-order valence-electron chi connectivity index (χ2n) is 8.51. The van der Waals surface area contributed by atoms with Crippen LogP contribution in [0.4, 0.5) is 14.5 Å². The van der Waals surface area contributed by atoms with Gasteiger partial charge in [0.1, 0.15) is 22.9 Å². The molecule has 0 radical (unpaired) electrons. The maximum absolute atomic E-state index is 15.4. The molecular weight excluding hydrogens is 611 g/mol. The summed E-state index contributed by atoms with van der Waals surface area (Å²) in [4.78, 5) is 31.2. The van der Waals surface area contributed by atoms with Gasteiger partial charge in [-0.2, -0.15) is 0 Å². The maximum atomic E-state index is 15.4. The lowest BCUT2D eigenvalue weighted by atomic mass is 10.0. The van der Waals surface area contributed by atoms with Gasteiger partial charge < -0.3 is 4.55 Å². The summed E-state index contributed by atoms with van der Waals surface area (Å²) in [5.41, 5.74) is -1.24. The smallest absolute Gasteiger partial charge is 0.266 e. The zero-order valence-corrected chi connectivity index (χ0v) is 22.6. The number of anilines is 1. The quantitative estimate of drug-likeness (QED) is 0.180. The molecule has 1 atom stereocenters. The van der Waals surface area contributed by atoms with Gasteiger partial charge >= 0.3 is 0 Å². The first-order valence-corrected chi connectivity index (χ1v) is 13.9. The Kier molecular flexibility index (Phi) is 7.30. The molecule has 2 aromatic heterocycles. The predicted molar refractivity (Wildman–Crippen MR) is 143 cm³/mol. The summed E-state index contributed by atoms with van der Waals surface area (Å²) < 4.78 is 46.6. The number of rotatable bonds is 7. The van der Waals surface area contributed by atoms with Gasteiger partial charge in [0.15, 0.2) is 5.82 Å². The Hall–Kier alpha value is -2.50. The van der Waals surface area contributed by atoms with Crippen molar-refractivity contribution in [2.45, 2.75) is 12.8 Å². The molecule has 1 aliphatic rings. The van der Waals surface area contributed by atoms with Crippen LogP contribution in [0.15, 0.2) is 53.3 Å². The Labute approximate surface area is 231 Å². The van der Waals surface area contributed by atoms with Gasteiger partial charge in [0.25, 0.3) is 5.91 Å². The number of hydrogen-bond acceptors (Lipinski definition) is 5. The van der Waals surface area contributed by atoms with E-state index in [1.807, 2.05) is 0 Å². The second kappa shape index (κ2) is 10.3. The minimum atomic E-state index is -1.59. The van der Waals surface area contributed by atoms with Crippen molar-refractivity contribution in [2.24, 2.45) is 5.92 Å². The molecular formula is C25H16BrCl2F2N3O3S. The van der Waals surface area contributed by atoms with E-state index in [9.17, 15) is 18.5 Å². The molecule has 1 fully saturated rings. The van der Waals surface area contributed by atoms with E-state index < -0.39 is 40.3 Å². The van der Waals surface area contributed by atoms with Crippen molar-refractivity contribution in [3.05, 3.63) is 91.6 Å². The molecule has 0 saturated heterocycles. The number of halogens is 5. The van der Waals surface area contributed by atoms with E-state index in [-0.39, 0.29) is 37.9 Å². The van der Waals surface area contributed by atoms with Crippen molar-refractivity contribution in [3.63, 3.8) is 0 Å². The Bertz CT molecular complexity index is 1560. The molecule has 2 aromatic carbocycles. The topological polar surface area (TPSA) is 87.0 Å². The molecule has 1 aliphatic carbocycles. The molecule has 0 amide bonds. The van der Waals surface area contributed by atoms with E-state index in [2.05, 4.69) is 25.6 Å². The van der Waals surface area contributed by atoms with Gasteiger partial charge in [0, 0.05) is 28.2 Å². The van der Waals surface area contributed by atoms with Crippen LogP contribution >= 0.6 is 39.1 Å². The number of carbonyl (C=O) groups excluding carboxylic acids is 2. The first kappa shape index (κ1) is 26.1. The zero-order valence-electron chi connectivity index (χ0n) is 18.7. The van der Waals surface area contributed by atoms with Gasteiger partial charge in [0.2, 0.25) is 5.78 Å². The van der Waals surface area contributed by atoms with Crippen molar-refractivity contribution in [1.82, 2.24) is 9.55 Å². The normalized spacial score (nSPS) is 14.1. The minimum Gasteiger partial charge on any atom is -0.593 e. The van der Waals surface area contributed by atoms with Crippen molar-refractivity contribution < 1.29 is 22.9 Å². The number of ketones is 1. The predicted octanol–water partition coefficient (Wildman–Crippen LogP) is 6.79. The van der Waals surface area contributed by atoms with E-state index in [1.54, 1.807) is 6.07 Å². The maximum Gasteiger partial charge on any atom is 0.266 e. The first-order valence-electron chi connectivity index (χ1n) is 11.0. The Morgan fingerprint density at radius 3 is 2.54 bits per heavy atom. The van der Waals surface area contributed by atoms with Gasteiger partial charge in [-0.25, -0.2) is 18.5 Å². The summed E-state index contributed by atoms with van der Waals surface area (Å²) in [6.45, 7) is 0. The molecule has 1 saturated carbocycles. The molecule has 12 heteroatoms. The lowest BCUT2D eigenvalue weighted by molar-refractivity contribution is 0.0964. The largest absolute Gasteiger partial charge is 0.593 e. The number of nitrogens with zero attached hydrogens (tertiary/aromatic N) is 2. The molecule has 6 nitrogen and oxygen atoms in total. The highest BCUT2D eigenvalue weighted by atomic mass is 79.9. The SMILES string of the molecule is O=C(c1c(F)ccc(N[S+]([O-])CC2CC2)c1F)c1cn(C(=O)c2c(Cl)cccc2Cl)c2ncc(Br)cc12.